The number of halogens is 2. The van der Waals surface area contributed by atoms with Gasteiger partial charge in [0.25, 0.3) is 5.91 Å². The molecule has 2 heterocycles. The quantitative estimate of drug-likeness (QED) is 0.559. The third-order valence-electron chi connectivity index (χ3n) is 3.58. The second-order valence-corrected chi connectivity index (χ2v) is 8.19. The number of ether oxygens (including phenoxy) is 1. The van der Waals surface area contributed by atoms with E-state index >= 15 is 0 Å². The molecule has 0 radical (unpaired) electrons. The van der Waals surface area contributed by atoms with Gasteiger partial charge in [-0.25, -0.2) is 9.37 Å². The summed E-state index contributed by atoms with van der Waals surface area (Å²) in [5.41, 5.74) is 0.455. The molecule has 1 unspecified atom stereocenters. The van der Waals surface area contributed by atoms with Gasteiger partial charge in [0.2, 0.25) is 11.8 Å². The lowest BCUT2D eigenvalue weighted by molar-refractivity contribution is -0.117. The summed E-state index contributed by atoms with van der Waals surface area (Å²) in [6.45, 7) is 1.59. The van der Waals surface area contributed by atoms with Crippen LogP contribution in [0.15, 0.2) is 58.5 Å². The molecule has 3 rings (SSSR count). The third kappa shape index (κ3) is 5.37. The van der Waals surface area contributed by atoms with E-state index in [4.69, 9.17) is 4.74 Å². The highest BCUT2D eigenvalue weighted by atomic mass is 79.9. The number of amides is 2. The molecule has 0 aliphatic heterocycles. The second kappa shape index (κ2) is 8.94. The van der Waals surface area contributed by atoms with Gasteiger partial charge in [0.1, 0.15) is 17.6 Å². The lowest BCUT2D eigenvalue weighted by atomic mass is 10.3. The molecule has 3 aromatic rings. The summed E-state index contributed by atoms with van der Waals surface area (Å²) in [6.07, 6.45) is 1.43. The molecule has 0 bridgehead atoms. The third-order valence-corrected chi connectivity index (χ3v) is 5.20. The molecule has 144 valence electrons. The zero-order valence-electron chi connectivity index (χ0n) is 14.6. The molecule has 0 saturated heterocycles. The summed E-state index contributed by atoms with van der Waals surface area (Å²) < 4.78 is 19.2. The van der Waals surface area contributed by atoms with Crippen LogP contribution < -0.4 is 15.4 Å². The molecule has 0 spiro atoms. The lowest BCUT2D eigenvalue weighted by Gasteiger charge is -2.13. The van der Waals surface area contributed by atoms with Crippen molar-refractivity contribution < 1.29 is 18.7 Å². The molecule has 1 atom stereocenters. The predicted octanol–water partition coefficient (Wildman–Crippen LogP) is 4.59. The van der Waals surface area contributed by atoms with Gasteiger partial charge in [0.15, 0.2) is 0 Å². The number of rotatable bonds is 6. The van der Waals surface area contributed by atoms with Crippen molar-refractivity contribution in [3.63, 3.8) is 0 Å². The average Bonchev–Trinajstić information content (AvgIpc) is 3.11. The first-order chi connectivity index (χ1) is 13.4. The monoisotopic (exact) mass is 463 g/mol. The van der Waals surface area contributed by atoms with Crippen LogP contribution in [0.4, 0.5) is 10.1 Å². The zero-order valence-corrected chi connectivity index (χ0v) is 17.0. The van der Waals surface area contributed by atoms with E-state index in [0.717, 1.165) is 3.79 Å². The molecule has 0 aliphatic carbocycles. The van der Waals surface area contributed by atoms with Crippen molar-refractivity contribution in [2.24, 2.45) is 0 Å². The largest absolute Gasteiger partial charge is 0.439 e. The number of thiophene rings is 1. The number of hydrogen-bond donors (Lipinski definition) is 2. The first-order valence-electron chi connectivity index (χ1n) is 8.17. The van der Waals surface area contributed by atoms with Gasteiger partial charge in [-0.15, -0.1) is 11.3 Å². The van der Waals surface area contributed by atoms with E-state index in [0.29, 0.717) is 22.2 Å². The van der Waals surface area contributed by atoms with Crippen LogP contribution in [0.25, 0.3) is 0 Å². The fraction of sp³-hybridized carbons (Fsp3) is 0.105. The SMILES string of the molecule is CC(NC(=O)c1ccc(Br)s1)C(=O)Nc1ccc(Oc2ccc(F)cc2)nc1. The summed E-state index contributed by atoms with van der Waals surface area (Å²) in [4.78, 5) is 29.0. The molecule has 28 heavy (non-hydrogen) atoms. The Hall–Kier alpha value is -2.78. The molecule has 6 nitrogen and oxygen atoms in total. The van der Waals surface area contributed by atoms with E-state index in [1.807, 2.05) is 0 Å². The van der Waals surface area contributed by atoms with Crippen molar-refractivity contribution in [3.8, 4) is 11.6 Å². The highest BCUT2D eigenvalue weighted by Gasteiger charge is 2.18. The Balaban J connectivity index is 1.54. The summed E-state index contributed by atoms with van der Waals surface area (Å²) in [6, 6.07) is 11.5. The Morgan fingerprint density at radius 3 is 2.50 bits per heavy atom. The Morgan fingerprint density at radius 2 is 1.89 bits per heavy atom. The zero-order chi connectivity index (χ0) is 20.1. The maximum absolute atomic E-state index is 12.9. The van der Waals surface area contributed by atoms with Crippen LogP contribution in [0.5, 0.6) is 11.6 Å². The van der Waals surface area contributed by atoms with Crippen molar-refractivity contribution in [3.05, 3.63) is 69.2 Å². The second-order valence-electron chi connectivity index (χ2n) is 5.73. The fourth-order valence-electron chi connectivity index (χ4n) is 2.16. The van der Waals surface area contributed by atoms with E-state index in [-0.39, 0.29) is 17.6 Å². The summed E-state index contributed by atoms with van der Waals surface area (Å²) in [7, 11) is 0. The topological polar surface area (TPSA) is 80.3 Å². The van der Waals surface area contributed by atoms with E-state index in [1.54, 1.807) is 31.2 Å². The standard InChI is InChI=1S/C19H15BrFN3O3S/c1-11(23-19(26)15-7-8-16(20)28-15)18(25)24-13-4-9-17(22-10-13)27-14-5-2-12(21)3-6-14/h2-11H,1H3,(H,23,26)(H,24,25). The first-order valence-corrected chi connectivity index (χ1v) is 9.78. The normalized spacial score (nSPS) is 11.5. The van der Waals surface area contributed by atoms with Crippen LogP contribution in [0.1, 0.15) is 16.6 Å². The number of aromatic nitrogens is 1. The maximum Gasteiger partial charge on any atom is 0.262 e. The summed E-state index contributed by atoms with van der Waals surface area (Å²) in [5.74, 6) is -0.305. The minimum atomic E-state index is -0.733. The Kier molecular flexibility index (Phi) is 6.37. The number of anilines is 1. The molecular weight excluding hydrogens is 449 g/mol. The molecule has 2 amide bonds. The number of nitrogens with zero attached hydrogens (tertiary/aromatic N) is 1. The Labute approximate surface area is 172 Å². The molecule has 2 N–H and O–H groups in total. The number of benzene rings is 1. The van der Waals surface area contributed by atoms with Gasteiger partial charge in [-0.2, -0.15) is 0 Å². The molecule has 0 saturated carbocycles. The highest BCUT2D eigenvalue weighted by Crippen LogP contribution is 2.22. The minimum Gasteiger partial charge on any atom is -0.439 e. The van der Waals surface area contributed by atoms with Gasteiger partial charge in [-0.3, -0.25) is 9.59 Å². The summed E-state index contributed by atoms with van der Waals surface area (Å²) in [5, 5.41) is 5.32. The van der Waals surface area contributed by atoms with Gasteiger partial charge in [-0.05, 0) is 65.3 Å². The molecule has 0 aliphatic rings. The molecular formula is C19H15BrFN3O3S. The molecule has 1 aromatic carbocycles. The Bertz CT molecular complexity index is 977. The molecule has 9 heteroatoms. The maximum atomic E-state index is 12.9. The smallest absolute Gasteiger partial charge is 0.262 e. The van der Waals surface area contributed by atoms with Crippen LogP contribution in [0.2, 0.25) is 0 Å². The van der Waals surface area contributed by atoms with Crippen LogP contribution in [0, 0.1) is 5.82 Å². The van der Waals surface area contributed by atoms with Crippen LogP contribution in [-0.4, -0.2) is 22.8 Å². The van der Waals surface area contributed by atoms with Crippen molar-refractivity contribution in [2.45, 2.75) is 13.0 Å². The van der Waals surface area contributed by atoms with E-state index < -0.39 is 6.04 Å². The van der Waals surface area contributed by atoms with E-state index in [9.17, 15) is 14.0 Å². The van der Waals surface area contributed by atoms with Gasteiger partial charge >= 0.3 is 0 Å². The van der Waals surface area contributed by atoms with E-state index in [2.05, 4.69) is 31.5 Å². The number of carbonyl (C=O) groups is 2. The summed E-state index contributed by atoms with van der Waals surface area (Å²) >= 11 is 4.58. The number of pyridine rings is 1. The van der Waals surface area contributed by atoms with Crippen molar-refractivity contribution in [1.82, 2.24) is 10.3 Å². The van der Waals surface area contributed by atoms with Crippen molar-refractivity contribution in [2.75, 3.05) is 5.32 Å². The average molecular weight is 464 g/mol. The Morgan fingerprint density at radius 1 is 1.14 bits per heavy atom. The highest BCUT2D eigenvalue weighted by molar-refractivity contribution is 9.11. The number of hydrogen-bond acceptors (Lipinski definition) is 5. The van der Waals surface area contributed by atoms with Crippen molar-refractivity contribution >= 4 is 44.8 Å². The lowest BCUT2D eigenvalue weighted by Crippen LogP contribution is -2.41. The minimum absolute atomic E-state index is 0.300. The van der Waals surface area contributed by atoms with Gasteiger partial charge in [0.05, 0.1) is 20.5 Å². The molecule has 2 aromatic heterocycles. The van der Waals surface area contributed by atoms with Gasteiger partial charge in [0, 0.05) is 6.07 Å². The van der Waals surface area contributed by atoms with Crippen LogP contribution in [-0.2, 0) is 4.79 Å². The van der Waals surface area contributed by atoms with Crippen LogP contribution in [0.3, 0.4) is 0 Å². The fourth-order valence-corrected chi connectivity index (χ4v) is 3.45. The van der Waals surface area contributed by atoms with Crippen LogP contribution >= 0.6 is 27.3 Å². The number of carbonyl (C=O) groups excluding carboxylic acids is 2. The van der Waals surface area contributed by atoms with Gasteiger partial charge in [-0.1, -0.05) is 0 Å². The predicted molar refractivity (Wildman–Crippen MR) is 108 cm³/mol. The first kappa shape index (κ1) is 20.0. The number of nitrogens with one attached hydrogen (secondary N) is 2. The van der Waals surface area contributed by atoms with Gasteiger partial charge < -0.3 is 15.4 Å². The molecule has 0 fully saturated rings. The van der Waals surface area contributed by atoms with E-state index in [1.165, 1.54) is 41.8 Å². The van der Waals surface area contributed by atoms with Crippen molar-refractivity contribution in [1.29, 1.82) is 0 Å².